The highest BCUT2D eigenvalue weighted by Crippen LogP contribution is 2.31. The number of halogens is 1. The van der Waals surface area contributed by atoms with Gasteiger partial charge >= 0.3 is 0 Å². The van der Waals surface area contributed by atoms with E-state index >= 15 is 0 Å². The Hall–Kier alpha value is -2.08. The third-order valence-electron chi connectivity index (χ3n) is 4.55. The third kappa shape index (κ3) is 3.38. The van der Waals surface area contributed by atoms with Crippen molar-refractivity contribution in [3.05, 3.63) is 53.0 Å². The molecular formula is C18H19FN4S. The molecule has 1 fully saturated rings. The molecule has 2 heterocycles. The molecule has 6 heteroatoms. The molecule has 1 saturated carbocycles. The number of aromatic nitrogens is 4. The standard InChI is InChI=1S/C18H19FN4S/c19-15-8-6-14(7-9-15)18-20-16(12-24-18)10-23-11-17(21-22-23)13-4-2-1-3-5-13/h6-9,11-13H,1-5,10H2. The average Bonchev–Trinajstić information content (AvgIpc) is 3.27. The van der Waals surface area contributed by atoms with Crippen LogP contribution in [-0.4, -0.2) is 20.0 Å². The fraction of sp³-hybridized carbons (Fsp3) is 0.389. The van der Waals surface area contributed by atoms with Crippen LogP contribution in [0.15, 0.2) is 35.8 Å². The summed E-state index contributed by atoms with van der Waals surface area (Å²) in [6, 6.07) is 6.44. The van der Waals surface area contributed by atoms with Crippen LogP contribution in [0.1, 0.15) is 49.4 Å². The molecule has 4 rings (SSSR count). The van der Waals surface area contributed by atoms with Gasteiger partial charge in [0.15, 0.2) is 0 Å². The number of nitrogens with zero attached hydrogens (tertiary/aromatic N) is 4. The molecule has 1 aliphatic rings. The molecule has 124 valence electrons. The van der Waals surface area contributed by atoms with E-state index in [1.54, 1.807) is 23.5 Å². The molecule has 2 aromatic heterocycles. The Balaban J connectivity index is 1.46. The Bertz CT molecular complexity index is 803. The molecule has 0 radical (unpaired) electrons. The molecule has 0 bridgehead atoms. The second-order valence-corrected chi connectivity index (χ2v) is 7.18. The van der Waals surface area contributed by atoms with E-state index in [9.17, 15) is 4.39 Å². The smallest absolute Gasteiger partial charge is 0.123 e. The monoisotopic (exact) mass is 342 g/mol. The second kappa shape index (κ2) is 6.81. The van der Waals surface area contributed by atoms with Gasteiger partial charge in [-0.15, -0.1) is 16.4 Å². The Labute approximate surface area is 144 Å². The van der Waals surface area contributed by atoms with Crippen molar-refractivity contribution in [1.29, 1.82) is 0 Å². The highest BCUT2D eigenvalue weighted by Gasteiger charge is 2.18. The van der Waals surface area contributed by atoms with Crippen molar-refractivity contribution in [3.63, 3.8) is 0 Å². The zero-order valence-corrected chi connectivity index (χ0v) is 14.2. The summed E-state index contributed by atoms with van der Waals surface area (Å²) in [7, 11) is 0. The van der Waals surface area contributed by atoms with Crippen LogP contribution in [-0.2, 0) is 6.54 Å². The molecule has 3 aromatic rings. The van der Waals surface area contributed by atoms with Crippen LogP contribution < -0.4 is 0 Å². The van der Waals surface area contributed by atoms with Gasteiger partial charge in [0, 0.05) is 23.1 Å². The number of benzene rings is 1. The lowest BCUT2D eigenvalue weighted by Crippen LogP contribution is -2.04. The first-order chi connectivity index (χ1) is 11.8. The lowest BCUT2D eigenvalue weighted by atomic mass is 9.87. The number of thiazole rings is 1. The molecule has 4 nitrogen and oxygen atoms in total. The van der Waals surface area contributed by atoms with Gasteiger partial charge in [0.05, 0.1) is 17.9 Å². The molecule has 1 aliphatic carbocycles. The van der Waals surface area contributed by atoms with E-state index in [0.29, 0.717) is 12.5 Å². The van der Waals surface area contributed by atoms with Gasteiger partial charge < -0.3 is 0 Å². The molecule has 0 N–H and O–H groups in total. The van der Waals surface area contributed by atoms with Crippen molar-refractivity contribution in [2.24, 2.45) is 0 Å². The minimum Gasteiger partial charge on any atom is -0.246 e. The van der Waals surface area contributed by atoms with Crippen LogP contribution in [0, 0.1) is 5.82 Å². The Morgan fingerprint density at radius 2 is 1.92 bits per heavy atom. The zero-order chi connectivity index (χ0) is 16.4. The van der Waals surface area contributed by atoms with Gasteiger partial charge in [-0.3, -0.25) is 0 Å². The summed E-state index contributed by atoms with van der Waals surface area (Å²) in [6.07, 6.45) is 8.45. The maximum absolute atomic E-state index is 13.0. The lowest BCUT2D eigenvalue weighted by Gasteiger charge is -2.18. The minimum atomic E-state index is -0.228. The van der Waals surface area contributed by atoms with Crippen LogP contribution in [0.3, 0.4) is 0 Å². The van der Waals surface area contributed by atoms with Crippen molar-refractivity contribution in [1.82, 2.24) is 20.0 Å². The predicted octanol–water partition coefficient (Wildman–Crippen LogP) is 4.64. The first-order valence-electron chi connectivity index (χ1n) is 8.38. The van der Waals surface area contributed by atoms with Gasteiger partial charge in [-0.1, -0.05) is 24.5 Å². The van der Waals surface area contributed by atoms with Crippen molar-refractivity contribution in [2.45, 2.75) is 44.6 Å². The van der Waals surface area contributed by atoms with Crippen LogP contribution in [0.2, 0.25) is 0 Å². The summed E-state index contributed by atoms with van der Waals surface area (Å²) in [6.45, 7) is 0.622. The molecule has 0 saturated heterocycles. The third-order valence-corrected chi connectivity index (χ3v) is 5.49. The lowest BCUT2D eigenvalue weighted by molar-refractivity contribution is 0.436. The maximum atomic E-state index is 13.0. The zero-order valence-electron chi connectivity index (χ0n) is 13.4. The second-order valence-electron chi connectivity index (χ2n) is 6.33. The predicted molar refractivity (Wildman–Crippen MR) is 92.5 cm³/mol. The first kappa shape index (κ1) is 15.4. The topological polar surface area (TPSA) is 43.6 Å². The van der Waals surface area contributed by atoms with Gasteiger partial charge in [-0.05, 0) is 37.1 Å². The first-order valence-corrected chi connectivity index (χ1v) is 9.26. The summed E-state index contributed by atoms with van der Waals surface area (Å²) < 4.78 is 14.9. The molecule has 0 aliphatic heterocycles. The molecule has 1 aromatic carbocycles. The van der Waals surface area contributed by atoms with Crippen LogP contribution in [0.5, 0.6) is 0 Å². The van der Waals surface area contributed by atoms with E-state index in [2.05, 4.69) is 21.5 Å². The largest absolute Gasteiger partial charge is 0.246 e. The minimum absolute atomic E-state index is 0.228. The summed E-state index contributed by atoms with van der Waals surface area (Å²) >= 11 is 1.57. The Morgan fingerprint density at radius 1 is 1.12 bits per heavy atom. The van der Waals surface area contributed by atoms with Gasteiger partial charge in [-0.2, -0.15) is 0 Å². The maximum Gasteiger partial charge on any atom is 0.123 e. The summed E-state index contributed by atoms with van der Waals surface area (Å²) in [5, 5.41) is 11.5. The normalized spacial score (nSPS) is 15.7. The quantitative estimate of drug-likeness (QED) is 0.694. The van der Waals surface area contributed by atoms with Crippen LogP contribution >= 0.6 is 11.3 Å². The highest BCUT2D eigenvalue weighted by atomic mass is 32.1. The summed E-state index contributed by atoms with van der Waals surface area (Å²) in [5.41, 5.74) is 3.01. The van der Waals surface area contributed by atoms with Crippen molar-refractivity contribution < 1.29 is 4.39 Å². The Morgan fingerprint density at radius 3 is 2.71 bits per heavy atom. The molecule has 24 heavy (non-hydrogen) atoms. The van der Waals surface area contributed by atoms with E-state index in [-0.39, 0.29) is 5.82 Å². The van der Waals surface area contributed by atoms with E-state index in [1.807, 2.05) is 10.1 Å². The molecule has 0 spiro atoms. The van der Waals surface area contributed by atoms with Gasteiger partial charge in [-0.25, -0.2) is 14.1 Å². The molecule has 0 unspecified atom stereocenters. The molecular weight excluding hydrogens is 323 g/mol. The fourth-order valence-corrected chi connectivity index (χ4v) is 4.06. The average molecular weight is 342 g/mol. The molecule has 0 amide bonds. The van der Waals surface area contributed by atoms with Crippen LogP contribution in [0.4, 0.5) is 4.39 Å². The van der Waals surface area contributed by atoms with E-state index in [1.165, 1.54) is 44.2 Å². The van der Waals surface area contributed by atoms with Crippen LogP contribution in [0.25, 0.3) is 10.6 Å². The van der Waals surface area contributed by atoms with Crippen molar-refractivity contribution in [2.75, 3.05) is 0 Å². The van der Waals surface area contributed by atoms with E-state index in [4.69, 9.17) is 0 Å². The summed E-state index contributed by atoms with van der Waals surface area (Å²) in [4.78, 5) is 4.63. The SMILES string of the molecule is Fc1ccc(-c2nc(Cn3cc(C4CCCCC4)nn3)cs2)cc1. The number of hydrogen-bond acceptors (Lipinski definition) is 4. The van der Waals surface area contributed by atoms with Crippen molar-refractivity contribution >= 4 is 11.3 Å². The highest BCUT2D eigenvalue weighted by molar-refractivity contribution is 7.13. The van der Waals surface area contributed by atoms with Crippen molar-refractivity contribution in [3.8, 4) is 10.6 Å². The fourth-order valence-electron chi connectivity index (χ4n) is 3.25. The number of hydrogen-bond donors (Lipinski definition) is 0. The van der Waals surface area contributed by atoms with Gasteiger partial charge in [0.1, 0.15) is 10.8 Å². The van der Waals surface area contributed by atoms with E-state index in [0.717, 1.165) is 22.0 Å². The summed E-state index contributed by atoms with van der Waals surface area (Å²) in [5.74, 6) is 0.339. The molecule has 0 atom stereocenters. The number of rotatable bonds is 4. The van der Waals surface area contributed by atoms with Gasteiger partial charge in [0.2, 0.25) is 0 Å². The Kier molecular flexibility index (Phi) is 4.38. The van der Waals surface area contributed by atoms with Gasteiger partial charge in [0.25, 0.3) is 0 Å². The van der Waals surface area contributed by atoms with E-state index < -0.39 is 0 Å².